The summed E-state index contributed by atoms with van der Waals surface area (Å²) in [6, 6.07) is 17.9. The summed E-state index contributed by atoms with van der Waals surface area (Å²) >= 11 is 0. The van der Waals surface area contributed by atoms with Crippen LogP contribution >= 0.6 is 0 Å². The summed E-state index contributed by atoms with van der Waals surface area (Å²) in [5, 5.41) is 2.90. The molecule has 2 aromatic carbocycles. The number of rotatable bonds is 6. The zero-order valence-electron chi connectivity index (χ0n) is 17.9. The number of amides is 2. The van der Waals surface area contributed by atoms with Crippen molar-refractivity contribution >= 4 is 23.1 Å². The molecule has 2 heterocycles. The predicted octanol–water partition coefficient (Wildman–Crippen LogP) is 3.10. The van der Waals surface area contributed by atoms with Crippen LogP contribution in [0.3, 0.4) is 0 Å². The highest BCUT2D eigenvalue weighted by molar-refractivity contribution is 5.86. The molecule has 2 aliphatic heterocycles. The third kappa shape index (κ3) is 4.90. The van der Waals surface area contributed by atoms with E-state index >= 15 is 0 Å². The van der Waals surface area contributed by atoms with Gasteiger partial charge in [-0.15, -0.1) is 0 Å². The predicted molar refractivity (Wildman–Crippen MR) is 122 cm³/mol. The first kappa shape index (κ1) is 21.0. The van der Waals surface area contributed by atoms with Crippen molar-refractivity contribution in [3.63, 3.8) is 0 Å². The Bertz CT molecular complexity index is 957. The Labute approximate surface area is 183 Å². The molecule has 0 aliphatic carbocycles. The number of ether oxygens (including phenoxy) is 1. The summed E-state index contributed by atoms with van der Waals surface area (Å²) in [4.78, 5) is 29.4. The van der Waals surface area contributed by atoms with E-state index in [-0.39, 0.29) is 18.4 Å². The number of fused-ring (bicyclic) bond motifs is 1. The van der Waals surface area contributed by atoms with Crippen LogP contribution in [-0.2, 0) is 9.59 Å². The normalized spacial score (nSPS) is 18.0. The Morgan fingerprint density at radius 3 is 2.61 bits per heavy atom. The quantitative estimate of drug-likeness (QED) is 0.782. The number of nitrogens with zero attached hydrogens (tertiary/aromatic N) is 2. The molecule has 0 fully saturated rings. The fraction of sp³-hybridized carbons (Fsp3) is 0.360. The standard InChI is InChI=1S/C25H29N3O3/c1-2-14-26-25(30)23-17-28(21-10-6-7-11-22(21)31-23)18-24(29)27-15-12-20(13-16-27)19-8-4-3-5-9-19/h3-12,23H,2,13-18H2,1H3,(H,26,30)/t23-/m0/s1. The van der Waals surface area contributed by atoms with Crippen LogP contribution in [0.2, 0.25) is 0 Å². The van der Waals surface area contributed by atoms with Gasteiger partial charge in [-0.3, -0.25) is 9.59 Å². The van der Waals surface area contributed by atoms with Gasteiger partial charge in [0.1, 0.15) is 5.75 Å². The smallest absolute Gasteiger partial charge is 0.262 e. The minimum atomic E-state index is -0.625. The lowest BCUT2D eigenvalue weighted by molar-refractivity contribution is -0.130. The van der Waals surface area contributed by atoms with Crippen molar-refractivity contribution in [2.75, 3.05) is 37.6 Å². The molecule has 6 heteroatoms. The van der Waals surface area contributed by atoms with Gasteiger partial charge < -0.3 is 19.9 Å². The third-order valence-electron chi connectivity index (χ3n) is 5.74. The van der Waals surface area contributed by atoms with Crippen LogP contribution in [0.25, 0.3) is 5.57 Å². The minimum Gasteiger partial charge on any atom is -0.477 e. The van der Waals surface area contributed by atoms with Crippen molar-refractivity contribution in [3.8, 4) is 5.75 Å². The molecule has 2 amide bonds. The van der Waals surface area contributed by atoms with Gasteiger partial charge in [0, 0.05) is 19.6 Å². The number of carbonyl (C=O) groups excluding carboxylic acids is 2. The van der Waals surface area contributed by atoms with Crippen molar-refractivity contribution in [3.05, 3.63) is 66.2 Å². The van der Waals surface area contributed by atoms with Crippen LogP contribution in [0.5, 0.6) is 5.75 Å². The molecule has 2 aliphatic rings. The molecule has 4 rings (SSSR count). The van der Waals surface area contributed by atoms with E-state index in [2.05, 4.69) is 23.5 Å². The summed E-state index contributed by atoms with van der Waals surface area (Å²) in [5.74, 6) is 0.568. The summed E-state index contributed by atoms with van der Waals surface area (Å²) < 4.78 is 5.92. The Balaban J connectivity index is 1.43. The van der Waals surface area contributed by atoms with Crippen molar-refractivity contribution in [1.29, 1.82) is 0 Å². The second-order valence-electron chi connectivity index (χ2n) is 7.93. The molecule has 0 unspecified atom stereocenters. The molecule has 0 aromatic heterocycles. The second-order valence-corrected chi connectivity index (χ2v) is 7.93. The average Bonchev–Trinajstić information content (AvgIpc) is 2.83. The molecule has 6 nitrogen and oxygen atoms in total. The largest absolute Gasteiger partial charge is 0.477 e. The number of hydrogen-bond donors (Lipinski definition) is 1. The molecule has 0 saturated heterocycles. The summed E-state index contributed by atoms with van der Waals surface area (Å²) in [6.07, 6.45) is 3.23. The molecule has 0 bridgehead atoms. The van der Waals surface area contributed by atoms with E-state index in [1.54, 1.807) is 0 Å². The molecular weight excluding hydrogens is 390 g/mol. The number of nitrogens with one attached hydrogen (secondary N) is 1. The summed E-state index contributed by atoms with van der Waals surface area (Å²) in [7, 11) is 0. The molecule has 1 N–H and O–H groups in total. The van der Waals surface area contributed by atoms with Crippen LogP contribution < -0.4 is 15.0 Å². The first-order valence-corrected chi connectivity index (χ1v) is 11.0. The monoisotopic (exact) mass is 419 g/mol. The maximum Gasteiger partial charge on any atom is 0.262 e. The van der Waals surface area contributed by atoms with E-state index in [1.807, 2.05) is 59.2 Å². The number of benzene rings is 2. The molecule has 0 spiro atoms. The molecule has 31 heavy (non-hydrogen) atoms. The van der Waals surface area contributed by atoms with Crippen molar-refractivity contribution in [2.45, 2.75) is 25.9 Å². The third-order valence-corrected chi connectivity index (χ3v) is 5.74. The highest BCUT2D eigenvalue weighted by atomic mass is 16.5. The molecular formula is C25H29N3O3. The first-order chi connectivity index (χ1) is 15.2. The Hall–Kier alpha value is -3.28. The lowest BCUT2D eigenvalue weighted by atomic mass is 9.99. The summed E-state index contributed by atoms with van der Waals surface area (Å²) in [6.45, 7) is 4.52. The fourth-order valence-corrected chi connectivity index (χ4v) is 4.03. The maximum absolute atomic E-state index is 13.1. The van der Waals surface area contributed by atoms with E-state index < -0.39 is 6.10 Å². The van der Waals surface area contributed by atoms with Crippen LogP contribution in [0.4, 0.5) is 5.69 Å². The second kappa shape index (κ2) is 9.69. The van der Waals surface area contributed by atoms with E-state index in [4.69, 9.17) is 4.74 Å². The zero-order valence-corrected chi connectivity index (χ0v) is 17.9. The van der Waals surface area contributed by atoms with Crippen molar-refractivity contribution < 1.29 is 14.3 Å². The van der Waals surface area contributed by atoms with Crippen LogP contribution in [0.15, 0.2) is 60.7 Å². The SMILES string of the molecule is CCCNC(=O)[C@@H]1CN(CC(=O)N2CC=C(c3ccccc3)CC2)c2ccccc2O1. The molecule has 1 atom stereocenters. The fourth-order valence-electron chi connectivity index (χ4n) is 4.03. The van der Waals surface area contributed by atoms with Gasteiger partial charge in [-0.1, -0.05) is 55.5 Å². The van der Waals surface area contributed by atoms with Crippen molar-refractivity contribution in [2.24, 2.45) is 0 Å². The lowest BCUT2D eigenvalue weighted by Crippen LogP contribution is -2.52. The molecule has 0 radical (unpaired) electrons. The highest BCUT2D eigenvalue weighted by Gasteiger charge is 2.32. The maximum atomic E-state index is 13.1. The van der Waals surface area contributed by atoms with Crippen LogP contribution in [0, 0.1) is 0 Å². The van der Waals surface area contributed by atoms with Gasteiger partial charge >= 0.3 is 0 Å². The number of hydrogen-bond acceptors (Lipinski definition) is 4. The van der Waals surface area contributed by atoms with E-state index in [9.17, 15) is 9.59 Å². The van der Waals surface area contributed by atoms with Crippen LogP contribution in [0.1, 0.15) is 25.3 Å². The van der Waals surface area contributed by atoms with Gasteiger partial charge in [0.2, 0.25) is 5.91 Å². The number of para-hydroxylation sites is 2. The Morgan fingerprint density at radius 2 is 1.87 bits per heavy atom. The van der Waals surface area contributed by atoms with Gasteiger partial charge in [-0.2, -0.15) is 0 Å². The van der Waals surface area contributed by atoms with Gasteiger partial charge in [-0.25, -0.2) is 0 Å². The van der Waals surface area contributed by atoms with E-state index in [0.717, 1.165) is 18.5 Å². The Morgan fingerprint density at radius 1 is 1.10 bits per heavy atom. The van der Waals surface area contributed by atoms with E-state index in [0.29, 0.717) is 31.9 Å². The van der Waals surface area contributed by atoms with Gasteiger partial charge in [0.15, 0.2) is 6.10 Å². The molecule has 2 aromatic rings. The first-order valence-electron chi connectivity index (χ1n) is 11.0. The topological polar surface area (TPSA) is 61.9 Å². The van der Waals surface area contributed by atoms with Gasteiger partial charge in [-0.05, 0) is 36.1 Å². The van der Waals surface area contributed by atoms with Gasteiger partial charge in [0.25, 0.3) is 5.91 Å². The average molecular weight is 420 g/mol. The van der Waals surface area contributed by atoms with E-state index in [1.165, 1.54) is 11.1 Å². The van der Waals surface area contributed by atoms with Crippen molar-refractivity contribution in [1.82, 2.24) is 10.2 Å². The zero-order chi connectivity index (χ0) is 21.6. The lowest BCUT2D eigenvalue weighted by Gasteiger charge is -2.36. The van der Waals surface area contributed by atoms with Gasteiger partial charge in [0.05, 0.1) is 18.8 Å². The molecule has 162 valence electrons. The minimum absolute atomic E-state index is 0.0628. The molecule has 0 saturated carbocycles. The number of anilines is 1. The Kier molecular flexibility index (Phi) is 6.55. The summed E-state index contributed by atoms with van der Waals surface area (Å²) in [5.41, 5.74) is 3.36. The van der Waals surface area contributed by atoms with Crippen LogP contribution in [-0.4, -0.2) is 55.5 Å². The number of carbonyl (C=O) groups is 2. The highest BCUT2D eigenvalue weighted by Crippen LogP contribution is 2.33.